The fourth-order valence-corrected chi connectivity index (χ4v) is 1.07. The van der Waals surface area contributed by atoms with Crippen LogP contribution in [0.1, 0.15) is 5.56 Å². The Labute approximate surface area is 89.6 Å². The zero-order valence-electron chi connectivity index (χ0n) is 7.77. The van der Waals surface area contributed by atoms with Crippen molar-refractivity contribution in [2.75, 3.05) is 13.1 Å². The van der Waals surface area contributed by atoms with Gasteiger partial charge in [0.25, 0.3) is 0 Å². The van der Waals surface area contributed by atoms with Crippen molar-refractivity contribution in [2.24, 2.45) is 5.16 Å². The van der Waals surface area contributed by atoms with Gasteiger partial charge in [0.15, 0.2) is 0 Å². The molecule has 0 aromatic heterocycles. The van der Waals surface area contributed by atoms with E-state index in [-0.39, 0.29) is 12.4 Å². The lowest BCUT2D eigenvalue weighted by molar-refractivity contribution is 0.128. The van der Waals surface area contributed by atoms with Crippen LogP contribution in [-0.4, -0.2) is 18.8 Å². The molecule has 0 aliphatic carbocycles. The Hall–Kier alpha value is -1.06. The Morgan fingerprint density at radius 1 is 1.21 bits per heavy atom. The summed E-state index contributed by atoms with van der Waals surface area (Å²) in [5.74, 6) is 0. The van der Waals surface area contributed by atoms with Gasteiger partial charge in [-0.2, -0.15) is 0 Å². The van der Waals surface area contributed by atoms with Gasteiger partial charge in [-0.1, -0.05) is 35.5 Å². The molecule has 3 nitrogen and oxygen atoms in total. The summed E-state index contributed by atoms with van der Waals surface area (Å²) in [5.41, 5.74) is 2.25. The minimum absolute atomic E-state index is 0. The van der Waals surface area contributed by atoms with E-state index < -0.39 is 0 Å². The van der Waals surface area contributed by atoms with E-state index in [1.54, 1.807) is 0 Å². The molecule has 14 heavy (non-hydrogen) atoms. The van der Waals surface area contributed by atoms with Crippen molar-refractivity contribution in [1.82, 2.24) is 5.32 Å². The number of hydrogen-bond acceptors (Lipinski definition) is 3. The predicted molar refractivity (Wildman–Crippen MR) is 58.8 cm³/mol. The van der Waals surface area contributed by atoms with Gasteiger partial charge in [0.2, 0.25) is 0 Å². The van der Waals surface area contributed by atoms with Gasteiger partial charge in [-0.15, -0.1) is 12.4 Å². The van der Waals surface area contributed by atoms with Gasteiger partial charge < -0.3 is 10.2 Å². The molecule has 1 N–H and O–H groups in total. The third-order valence-corrected chi connectivity index (χ3v) is 1.93. The van der Waals surface area contributed by atoms with Crippen molar-refractivity contribution < 1.29 is 4.84 Å². The first-order valence-corrected chi connectivity index (χ1v) is 4.37. The number of nitrogens with one attached hydrogen (secondary N) is 1. The van der Waals surface area contributed by atoms with E-state index in [4.69, 9.17) is 4.84 Å². The van der Waals surface area contributed by atoms with E-state index in [9.17, 15) is 0 Å². The first kappa shape index (κ1) is 11.0. The van der Waals surface area contributed by atoms with Gasteiger partial charge in [0.05, 0.1) is 5.71 Å². The third kappa shape index (κ3) is 3.01. The molecular weight excluding hydrogens is 200 g/mol. The lowest BCUT2D eigenvalue weighted by atomic mass is 10.2. The number of rotatable bonds is 3. The molecular formula is C10H13ClN2O. The van der Waals surface area contributed by atoms with E-state index in [1.807, 2.05) is 30.3 Å². The van der Waals surface area contributed by atoms with Crippen LogP contribution in [0.5, 0.6) is 0 Å². The molecule has 0 atom stereocenters. The molecule has 1 saturated heterocycles. The molecule has 2 rings (SSSR count). The molecule has 1 aromatic rings. The number of benzene rings is 1. The van der Waals surface area contributed by atoms with Crippen LogP contribution in [0.3, 0.4) is 0 Å². The number of oxime groups is 1. The van der Waals surface area contributed by atoms with E-state index >= 15 is 0 Å². The molecule has 0 radical (unpaired) electrons. The van der Waals surface area contributed by atoms with Crippen molar-refractivity contribution >= 4 is 18.1 Å². The zero-order chi connectivity index (χ0) is 8.93. The smallest absolute Gasteiger partial charge is 0.142 e. The summed E-state index contributed by atoms with van der Waals surface area (Å²) in [7, 11) is 0. The Morgan fingerprint density at radius 3 is 2.50 bits per heavy atom. The second-order valence-electron chi connectivity index (χ2n) is 3.02. The van der Waals surface area contributed by atoms with Crippen molar-refractivity contribution in [1.29, 1.82) is 0 Å². The summed E-state index contributed by atoms with van der Waals surface area (Å²) in [4.78, 5) is 5.17. The molecule has 0 saturated carbocycles. The minimum Gasteiger partial charge on any atom is -0.391 e. The largest absolute Gasteiger partial charge is 0.391 e. The highest BCUT2D eigenvalue weighted by molar-refractivity contribution is 5.92. The molecule has 1 fully saturated rings. The van der Waals surface area contributed by atoms with Gasteiger partial charge in [0, 0.05) is 13.1 Å². The lowest BCUT2D eigenvalue weighted by Gasteiger charge is -2.15. The summed E-state index contributed by atoms with van der Waals surface area (Å²) in [6, 6.07) is 10.0. The van der Waals surface area contributed by atoms with Crippen molar-refractivity contribution in [3.63, 3.8) is 0 Å². The topological polar surface area (TPSA) is 33.6 Å². The lowest BCUT2D eigenvalue weighted by Crippen LogP contribution is -2.42. The Bertz CT molecular complexity index is 294. The van der Waals surface area contributed by atoms with E-state index in [0.717, 1.165) is 24.4 Å². The van der Waals surface area contributed by atoms with Crippen LogP contribution in [0.4, 0.5) is 0 Å². The standard InChI is InChI=1S/C10H12N2O.ClH/c1-2-4-9(5-3-1)8-13-12-10-6-11-7-10;/h1-5,11H,6-8H2;1H. The number of halogens is 1. The predicted octanol–water partition coefficient (Wildman–Crippen LogP) is 1.58. The summed E-state index contributed by atoms with van der Waals surface area (Å²) < 4.78 is 0. The van der Waals surface area contributed by atoms with Crippen molar-refractivity contribution in [3.8, 4) is 0 Å². The van der Waals surface area contributed by atoms with E-state index in [0.29, 0.717) is 6.61 Å². The molecule has 1 aliphatic rings. The van der Waals surface area contributed by atoms with Crippen LogP contribution in [-0.2, 0) is 11.4 Å². The van der Waals surface area contributed by atoms with E-state index in [1.165, 1.54) is 0 Å². The van der Waals surface area contributed by atoms with Gasteiger partial charge >= 0.3 is 0 Å². The normalized spacial score (nSPS) is 13.9. The number of nitrogens with zero attached hydrogens (tertiary/aromatic N) is 1. The molecule has 0 amide bonds. The molecule has 1 heterocycles. The maximum Gasteiger partial charge on any atom is 0.142 e. The van der Waals surface area contributed by atoms with E-state index in [2.05, 4.69) is 10.5 Å². The van der Waals surface area contributed by atoms with Crippen molar-refractivity contribution in [2.45, 2.75) is 6.61 Å². The highest BCUT2D eigenvalue weighted by Gasteiger charge is 2.08. The molecule has 4 heteroatoms. The quantitative estimate of drug-likeness (QED) is 0.772. The Balaban J connectivity index is 0.000000980. The van der Waals surface area contributed by atoms with Gasteiger partial charge in [0.1, 0.15) is 6.61 Å². The van der Waals surface area contributed by atoms with Gasteiger partial charge in [-0.25, -0.2) is 0 Å². The minimum atomic E-state index is 0. The number of hydrogen-bond donors (Lipinski definition) is 1. The molecule has 1 aromatic carbocycles. The monoisotopic (exact) mass is 212 g/mol. The summed E-state index contributed by atoms with van der Waals surface area (Å²) in [6.07, 6.45) is 0. The van der Waals surface area contributed by atoms with Crippen LogP contribution >= 0.6 is 12.4 Å². The Kier molecular flexibility index (Phi) is 4.43. The fraction of sp³-hybridized carbons (Fsp3) is 0.300. The van der Waals surface area contributed by atoms with Crippen LogP contribution in [0.2, 0.25) is 0 Å². The average Bonchev–Trinajstić information content (AvgIpc) is 2.11. The fourth-order valence-electron chi connectivity index (χ4n) is 1.07. The summed E-state index contributed by atoms with van der Waals surface area (Å²) in [6.45, 7) is 2.30. The summed E-state index contributed by atoms with van der Waals surface area (Å²) in [5, 5.41) is 7.08. The first-order valence-electron chi connectivity index (χ1n) is 4.37. The molecule has 1 aliphatic heterocycles. The SMILES string of the molecule is Cl.c1ccc(CON=C2CNC2)cc1. The molecule has 76 valence electrons. The van der Waals surface area contributed by atoms with Gasteiger partial charge in [-0.05, 0) is 5.56 Å². The summed E-state index contributed by atoms with van der Waals surface area (Å²) >= 11 is 0. The van der Waals surface area contributed by atoms with Crippen LogP contribution in [0.15, 0.2) is 35.5 Å². The molecule has 0 bridgehead atoms. The van der Waals surface area contributed by atoms with Crippen molar-refractivity contribution in [3.05, 3.63) is 35.9 Å². The zero-order valence-corrected chi connectivity index (χ0v) is 8.59. The Morgan fingerprint density at radius 2 is 1.93 bits per heavy atom. The van der Waals surface area contributed by atoms with Crippen LogP contribution in [0.25, 0.3) is 0 Å². The molecule has 0 spiro atoms. The second kappa shape index (κ2) is 5.62. The van der Waals surface area contributed by atoms with Gasteiger partial charge in [-0.3, -0.25) is 0 Å². The second-order valence-corrected chi connectivity index (χ2v) is 3.02. The van der Waals surface area contributed by atoms with Crippen LogP contribution in [0, 0.1) is 0 Å². The maximum absolute atomic E-state index is 5.17. The first-order chi connectivity index (χ1) is 6.45. The molecule has 0 unspecified atom stereocenters. The maximum atomic E-state index is 5.17. The highest BCUT2D eigenvalue weighted by atomic mass is 35.5. The highest BCUT2D eigenvalue weighted by Crippen LogP contribution is 2.01. The van der Waals surface area contributed by atoms with Crippen LogP contribution < -0.4 is 5.32 Å². The third-order valence-electron chi connectivity index (χ3n) is 1.93. The average molecular weight is 213 g/mol.